The molecule has 1 N–H and O–H groups in total. The topological polar surface area (TPSA) is 54.4 Å². The van der Waals surface area contributed by atoms with Gasteiger partial charge < -0.3 is 0 Å². The zero-order valence-electron chi connectivity index (χ0n) is 18.2. The molecule has 4 aromatic rings. The van der Waals surface area contributed by atoms with E-state index in [1.165, 1.54) is 23.3 Å². The molecule has 0 bridgehead atoms. The Kier molecular flexibility index (Phi) is 5.80. The number of rotatable bonds is 3. The lowest BCUT2D eigenvalue weighted by Crippen LogP contribution is -2.02. The van der Waals surface area contributed by atoms with Crippen LogP contribution in [0, 0.1) is 11.6 Å². The number of halogens is 2. The van der Waals surface area contributed by atoms with E-state index in [-0.39, 0.29) is 11.6 Å². The van der Waals surface area contributed by atoms with Crippen molar-refractivity contribution in [1.82, 2.24) is 0 Å². The molecule has 0 spiro atoms. The standard InChI is InChI=1S/C25H16F2.C3H6O3S/c26-23-11-5-3-9-19(23)20-14-13-18-17-8-2-1-7-16(17)15-22(18)25(20)21-10-4-6-12-24(21)27;4-7(5,6)3-1-2-3/h1-14H,15H2;3H,1-2H2,(H,4,5,6). The van der Waals surface area contributed by atoms with Gasteiger partial charge in [0.05, 0.1) is 5.25 Å². The fraction of sp³-hybridized carbons (Fsp3) is 0.143. The molecule has 0 radical (unpaired) electrons. The molecule has 6 rings (SSSR count). The molecule has 2 aliphatic rings. The quantitative estimate of drug-likeness (QED) is 0.288. The largest absolute Gasteiger partial charge is 0.285 e. The van der Waals surface area contributed by atoms with Crippen LogP contribution in [0.5, 0.6) is 0 Å². The van der Waals surface area contributed by atoms with Gasteiger partial charge in [0.2, 0.25) is 0 Å². The molecule has 0 aromatic heterocycles. The Morgan fingerprint density at radius 1 is 0.647 bits per heavy atom. The Balaban J connectivity index is 0.000000297. The molecule has 4 aromatic carbocycles. The van der Waals surface area contributed by atoms with Crippen LogP contribution >= 0.6 is 0 Å². The monoisotopic (exact) mass is 476 g/mol. The van der Waals surface area contributed by atoms with Gasteiger partial charge in [-0.2, -0.15) is 8.42 Å². The van der Waals surface area contributed by atoms with Gasteiger partial charge in [-0.05, 0) is 64.8 Å². The fourth-order valence-electron chi connectivity index (χ4n) is 4.45. The molecular weight excluding hydrogens is 454 g/mol. The Bertz CT molecular complexity index is 1490. The molecule has 0 amide bonds. The summed E-state index contributed by atoms with van der Waals surface area (Å²) < 4.78 is 57.4. The van der Waals surface area contributed by atoms with Crippen molar-refractivity contribution in [3.8, 4) is 33.4 Å². The van der Waals surface area contributed by atoms with E-state index in [2.05, 4.69) is 12.1 Å². The lowest BCUT2D eigenvalue weighted by atomic mass is 9.87. The molecule has 2 aliphatic carbocycles. The number of benzene rings is 4. The molecule has 0 unspecified atom stereocenters. The van der Waals surface area contributed by atoms with E-state index in [0.717, 1.165) is 28.7 Å². The summed E-state index contributed by atoms with van der Waals surface area (Å²) in [4.78, 5) is 0. The van der Waals surface area contributed by atoms with Crippen molar-refractivity contribution in [3.63, 3.8) is 0 Å². The lowest BCUT2D eigenvalue weighted by Gasteiger charge is -2.17. The number of hydrogen-bond acceptors (Lipinski definition) is 2. The molecule has 1 fully saturated rings. The summed E-state index contributed by atoms with van der Waals surface area (Å²) >= 11 is 0. The summed E-state index contributed by atoms with van der Waals surface area (Å²) in [7, 11) is -3.63. The first kappa shape index (κ1) is 22.4. The van der Waals surface area contributed by atoms with Gasteiger partial charge in [0.1, 0.15) is 11.6 Å². The SMILES string of the molecule is Fc1ccccc1-c1ccc2c(c1-c1ccccc1F)Cc1ccccc1-2.O=S(=O)(O)C1CC1. The average molecular weight is 477 g/mol. The van der Waals surface area contributed by atoms with Crippen LogP contribution in [-0.4, -0.2) is 18.2 Å². The Morgan fingerprint density at radius 3 is 1.74 bits per heavy atom. The van der Waals surface area contributed by atoms with Crippen LogP contribution in [0.15, 0.2) is 84.9 Å². The minimum absolute atomic E-state index is 0.292. The van der Waals surface area contributed by atoms with Crippen molar-refractivity contribution in [1.29, 1.82) is 0 Å². The second kappa shape index (κ2) is 8.78. The molecule has 0 aliphatic heterocycles. The van der Waals surface area contributed by atoms with Crippen molar-refractivity contribution >= 4 is 10.1 Å². The summed E-state index contributed by atoms with van der Waals surface area (Å²) in [5.74, 6) is -0.593. The zero-order chi connectivity index (χ0) is 23.9. The van der Waals surface area contributed by atoms with Gasteiger partial charge in [0.25, 0.3) is 10.1 Å². The zero-order valence-corrected chi connectivity index (χ0v) is 19.0. The summed E-state index contributed by atoms with van der Waals surface area (Å²) in [6.45, 7) is 0. The van der Waals surface area contributed by atoms with Gasteiger partial charge in [-0.25, -0.2) is 8.78 Å². The van der Waals surface area contributed by atoms with Crippen LogP contribution in [0.25, 0.3) is 33.4 Å². The molecule has 0 heterocycles. The van der Waals surface area contributed by atoms with Gasteiger partial charge in [-0.3, -0.25) is 4.55 Å². The van der Waals surface area contributed by atoms with Gasteiger partial charge >= 0.3 is 0 Å². The van der Waals surface area contributed by atoms with Crippen LogP contribution in [-0.2, 0) is 16.5 Å². The second-order valence-corrected chi connectivity index (χ2v) is 10.2. The third-order valence-corrected chi connectivity index (χ3v) is 7.55. The highest BCUT2D eigenvalue weighted by atomic mass is 32.2. The van der Waals surface area contributed by atoms with Crippen molar-refractivity contribution in [3.05, 3.63) is 108 Å². The molecule has 0 atom stereocenters. The van der Waals surface area contributed by atoms with Crippen LogP contribution in [0.1, 0.15) is 24.0 Å². The van der Waals surface area contributed by atoms with Crippen LogP contribution < -0.4 is 0 Å². The van der Waals surface area contributed by atoms with Crippen LogP contribution in [0.3, 0.4) is 0 Å². The Hall–Kier alpha value is -3.35. The van der Waals surface area contributed by atoms with E-state index in [0.29, 0.717) is 24.0 Å². The number of fused-ring (bicyclic) bond motifs is 3. The van der Waals surface area contributed by atoms with E-state index in [9.17, 15) is 17.2 Å². The van der Waals surface area contributed by atoms with Gasteiger partial charge in [-0.15, -0.1) is 0 Å². The molecule has 0 saturated heterocycles. The fourth-order valence-corrected chi connectivity index (χ4v) is 5.18. The van der Waals surface area contributed by atoms with E-state index in [1.807, 2.05) is 36.4 Å². The van der Waals surface area contributed by atoms with Crippen LogP contribution in [0.4, 0.5) is 8.78 Å². The van der Waals surface area contributed by atoms with Crippen molar-refractivity contribution in [2.75, 3.05) is 0 Å². The first-order chi connectivity index (χ1) is 16.3. The van der Waals surface area contributed by atoms with E-state index in [4.69, 9.17) is 4.55 Å². The Labute approximate surface area is 197 Å². The summed E-state index contributed by atoms with van der Waals surface area (Å²) in [5.41, 5.74) is 7.07. The van der Waals surface area contributed by atoms with Gasteiger partial charge in [0, 0.05) is 11.1 Å². The highest BCUT2D eigenvalue weighted by Gasteiger charge is 2.33. The molecule has 6 heteroatoms. The normalized spacial score (nSPS) is 14.1. The highest BCUT2D eigenvalue weighted by Crippen LogP contribution is 2.46. The minimum atomic E-state index is -3.63. The van der Waals surface area contributed by atoms with Crippen molar-refractivity contribution < 1.29 is 21.8 Å². The summed E-state index contributed by atoms with van der Waals surface area (Å²) in [5, 5.41) is -0.424. The molecule has 3 nitrogen and oxygen atoms in total. The lowest BCUT2D eigenvalue weighted by molar-refractivity contribution is 0.481. The van der Waals surface area contributed by atoms with Crippen molar-refractivity contribution in [2.24, 2.45) is 0 Å². The van der Waals surface area contributed by atoms with E-state index in [1.54, 1.807) is 24.3 Å². The summed E-state index contributed by atoms with van der Waals surface area (Å²) in [6.07, 6.45) is 2.00. The molecular formula is C28H22F2O3S. The third kappa shape index (κ3) is 4.27. The average Bonchev–Trinajstić information content (AvgIpc) is 3.62. The van der Waals surface area contributed by atoms with Gasteiger partial charge in [-0.1, -0.05) is 72.8 Å². The smallest absolute Gasteiger partial charge is 0.267 e. The predicted octanol–water partition coefficient (Wildman–Crippen LogP) is 6.91. The number of hydrogen-bond donors (Lipinski definition) is 1. The highest BCUT2D eigenvalue weighted by molar-refractivity contribution is 7.86. The maximum Gasteiger partial charge on any atom is 0.267 e. The molecule has 1 saturated carbocycles. The Morgan fingerprint density at radius 2 is 1.18 bits per heavy atom. The summed E-state index contributed by atoms with van der Waals surface area (Å²) in [6, 6.07) is 25.6. The first-order valence-corrected chi connectivity index (χ1v) is 12.5. The molecule has 172 valence electrons. The second-order valence-electron chi connectivity index (χ2n) is 8.52. The maximum absolute atomic E-state index is 14.8. The van der Waals surface area contributed by atoms with E-state index < -0.39 is 15.4 Å². The van der Waals surface area contributed by atoms with Crippen LogP contribution in [0.2, 0.25) is 0 Å². The van der Waals surface area contributed by atoms with Gasteiger partial charge in [0.15, 0.2) is 0 Å². The van der Waals surface area contributed by atoms with Crippen molar-refractivity contribution in [2.45, 2.75) is 24.5 Å². The van der Waals surface area contributed by atoms with E-state index >= 15 is 0 Å². The first-order valence-electron chi connectivity index (χ1n) is 11.0. The maximum atomic E-state index is 14.8. The minimum Gasteiger partial charge on any atom is -0.285 e. The third-order valence-electron chi connectivity index (χ3n) is 6.24. The molecule has 34 heavy (non-hydrogen) atoms. The predicted molar refractivity (Wildman–Crippen MR) is 130 cm³/mol.